The number of likely N-dealkylation sites (tertiary alicyclic amines) is 1. The first-order chi connectivity index (χ1) is 12.9. The van der Waals surface area contributed by atoms with E-state index in [1.807, 2.05) is 18.9 Å². The van der Waals surface area contributed by atoms with Gasteiger partial charge >= 0.3 is 0 Å². The number of nitro benzene ring substituents is 1. The number of rotatable bonds is 5. The zero-order chi connectivity index (χ0) is 19.6. The van der Waals surface area contributed by atoms with E-state index < -0.39 is 4.92 Å². The Kier molecular flexibility index (Phi) is 5.39. The molecule has 7 heteroatoms. The van der Waals surface area contributed by atoms with Crippen LogP contribution >= 0.6 is 0 Å². The summed E-state index contributed by atoms with van der Waals surface area (Å²) < 4.78 is 13.2. The van der Waals surface area contributed by atoms with E-state index in [0.717, 1.165) is 18.4 Å². The number of amides is 1. The summed E-state index contributed by atoms with van der Waals surface area (Å²) in [5, 5.41) is 11.4. The van der Waals surface area contributed by atoms with E-state index >= 15 is 0 Å². The summed E-state index contributed by atoms with van der Waals surface area (Å²) in [6, 6.07) is 10.7. The first-order valence-corrected chi connectivity index (χ1v) is 8.94. The molecule has 1 fully saturated rings. The van der Waals surface area contributed by atoms with E-state index in [2.05, 4.69) is 0 Å². The summed E-state index contributed by atoms with van der Waals surface area (Å²) in [5.41, 5.74) is 1.53. The minimum atomic E-state index is -0.517. The van der Waals surface area contributed by atoms with Crippen molar-refractivity contribution in [3.05, 3.63) is 69.5 Å². The molecule has 1 unspecified atom stereocenters. The standard InChI is InChI=1S/C20H22FN3O3/c1-14(15-5-7-16(21)8-6-15)22(2)17-9-10-19(24(26)27)18(13-17)20(25)23-11-3-4-12-23/h5-10,13-14H,3-4,11-12H2,1-2H3. The van der Waals surface area contributed by atoms with Crippen molar-refractivity contribution in [3.8, 4) is 0 Å². The van der Waals surface area contributed by atoms with E-state index in [0.29, 0.717) is 18.8 Å². The van der Waals surface area contributed by atoms with Gasteiger partial charge in [0.15, 0.2) is 0 Å². The smallest absolute Gasteiger partial charge is 0.282 e. The van der Waals surface area contributed by atoms with Crippen molar-refractivity contribution in [1.29, 1.82) is 0 Å². The van der Waals surface area contributed by atoms with Crippen molar-refractivity contribution in [2.75, 3.05) is 25.0 Å². The van der Waals surface area contributed by atoms with Gasteiger partial charge in [0.05, 0.1) is 11.0 Å². The predicted octanol–water partition coefficient (Wildman–Crippen LogP) is 4.17. The molecule has 3 rings (SSSR count). The molecule has 1 heterocycles. The lowest BCUT2D eigenvalue weighted by Crippen LogP contribution is -2.29. The summed E-state index contributed by atoms with van der Waals surface area (Å²) in [6.07, 6.45) is 1.83. The molecule has 2 aromatic rings. The van der Waals surface area contributed by atoms with Crippen LogP contribution in [0.15, 0.2) is 42.5 Å². The summed E-state index contributed by atoms with van der Waals surface area (Å²) in [5.74, 6) is -0.605. The Morgan fingerprint density at radius 2 is 1.81 bits per heavy atom. The normalized spacial score (nSPS) is 14.9. The number of halogens is 1. The van der Waals surface area contributed by atoms with Crippen LogP contribution in [0.2, 0.25) is 0 Å². The SMILES string of the molecule is CC(c1ccc(F)cc1)N(C)c1ccc([N+](=O)[O-])c(C(=O)N2CCCC2)c1. The van der Waals surface area contributed by atoms with Gasteiger partial charge in [0.2, 0.25) is 0 Å². The summed E-state index contributed by atoms with van der Waals surface area (Å²) in [4.78, 5) is 27.2. The van der Waals surface area contributed by atoms with Crippen LogP contribution in [0, 0.1) is 15.9 Å². The van der Waals surface area contributed by atoms with Crippen molar-refractivity contribution in [2.45, 2.75) is 25.8 Å². The molecule has 0 aromatic heterocycles. The molecule has 142 valence electrons. The highest BCUT2D eigenvalue weighted by Gasteiger charge is 2.28. The number of carbonyl (C=O) groups excluding carboxylic acids is 1. The third-order valence-electron chi connectivity index (χ3n) is 5.14. The molecule has 1 atom stereocenters. The van der Waals surface area contributed by atoms with E-state index in [9.17, 15) is 19.3 Å². The van der Waals surface area contributed by atoms with Gasteiger partial charge in [0.25, 0.3) is 11.6 Å². The molecule has 1 amide bonds. The van der Waals surface area contributed by atoms with Gasteiger partial charge < -0.3 is 9.80 Å². The second kappa shape index (κ2) is 7.73. The fourth-order valence-corrected chi connectivity index (χ4v) is 3.35. The summed E-state index contributed by atoms with van der Waals surface area (Å²) in [6.45, 7) is 3.21. The lowest BCUT2D eigenvalue weighted by Gasteiger charge is -2.28. The Labute approximate surface area is 157 Å². The first kappa shape index (κ1) is 18.8. The maximum atomic E-state index is 13.2. The average molecular weight is 371 g/mol. The van der Waals surface area contributed by atoms with E-state index in [-0.39, 0.29) is 29.0 Å². The number of benzene rings is 2. The van der Waals surface area contributed by atoms with Crippen LogP contribution in [0.4, 0.5) is 15.8 Å². The van der Waals surface area contributed by atoms with Crippen LogP contribution < -0.4 is 4.90 Å². The Bertz CT molecular complexity index is 848. The van der Waals surface area contributed by atoms with Crippen LogP contribution in [0.1, 0.15) is 41.7 Å². The van der Waals surface area contributed by atoms with Crippen molar-refractivity contribution in [1.82, 2.24) is 4.90 Å². The first-order valence-electron chi connectivity index (χ1n) is 8.94. The number of nitrogens with zero attached hydrogens (tertiary/aromatic N) is 3. The van der Waals surface area contributed by atoms with Crippen LogP contribution in [0.3, 0.4) is 0 Å². The largest absolute Gasteiger partial charge is 0.368 e. The fourth-order valence-electron chi connectivity index (χ4n) is 3.35. The maximum absolute atomic E-state index is 13.2. The zero-order valence-corrected chi connectivity index (χ0v) is 15.4. The number of hydrogen-bond donors (Lipinski definition) is 0. The van der Waals surface area contributed by atoms with Crippen molar-refractivity contribution in [2.24, 2.45) is 0 Å². The number of nitro groups is 1. The lowest BCUT2D eigenvalue weighted by atomic mass is 10.0. The monoisotopic (exact) mass is 371 g/mol. The molecule has 0 radical (unpaired) electrons. The third kappa shape index (κ3) is 3.92. The quantitative estimate of drug-likeness (QED) is 0.584. The van der Waals surface area contributed by atoms with Gasteiger partial charge in [-0.15, -0.1) is 0 Å². The van der Waals surface area contributed by atoms with Crippen LogP contribution in [0.5, 0.6) is 0 Å². The molecular weight excluding hydrogens is 349 g/mol. The van der Waals surface area contributed by atoms with E-state index in [4.69, 9.17) is 0 Å². The van der Waals surface area contributed by atoms with Crippen LogP contribution in [0.25, 0.3) is 0 Å². The molecule has 2 aromatic carbocycles. The highest BCUT2D eigenvalue weighted by molar-refractivity contribution is 5.99. The molecule has 6 nitrogen and oxygen atoms in total. The Hall–Kier alpha value is -2.96. The Balaban J connectivity index is 1.93. The average Bonchev–Trinajstić information content (AvgIpc) is 3.21. The van der Waals surface area contributed by atoms with Gasteiger partial charge in [-0.25, -0.2) is 4.39 Å². The van der Waals surface area contributed by atoms with Gasteiger partial charge in [0, 0.05) is 31.9 Å². The predicted molar refractivity (Wildman–Crippen MR) is 101 cm³/mol. The van der Waals surface area contributed by atoms with Crippen molar-refractivity contribution >= 4 is 17.3 Å². The van der Waals surface area contributed by atoms with Gasteiger partial charge in [-0.3, -0.25) is 14.9 Å². The third-order valence-corrected chi connectivity index (χ3v) is 5.14. The van der Waals surface area contributed by atoms with E-state index in [1.165, 1.54) is 18.2 Å². The van der Waals surface area contributed by atoms with Gasteiger partial charge in [-0.05, 0) is 49.6 Å². The number of carbonyl (C=O) groups is 1. The fraction of sp³-hybridized carbons (Fsp3) is 0.350. The summed E-state index contributed by atoms with van der Waals surface area (Å²) in [7, 11) is 1.85. The molecule has 1 aliphatic heterocycles. The molecule has 0 aliphatic carbocycles. The maximum Gasteiger partial charge on any atom is 0.282 e. The van der Waals surface area contributed by atoms with Crippen LogP contribution in [-0.2, 0) is 0 Å². The summed E-state index contributed by atoms with van der Waals surface area (Å²) >= 11 is 0. The van der Waals surface area contributed by atoms with Gasteiger partial charge in [-0.2, -0.15) is 0 Å². The minimum Gasteiger partial charge on any atom is -0.368 e. The molecule has 1 saturated heterocycles. The van der Waals surface area contributed by atoms with E-state index in [1.54, 1.807) is 29.2 Å². The highest BCUT2D eigenvalue weighted by Crippen LogP contribution is 2.31. The highest BCUT2D eigenvalue weighted by atomic mass is 19.1. The van der Waals surface area contributed by atoms with Gasteiger partial charge in [0.1, 0.15) is 11.4 Å². The number of anilines is 1. The Morgan fingerprint density at radius 1 is 1.19 bits per heavy atom. The molecule has 0 saturated carbocycles. The van der Waals surface area contributed by atoms with Crippen LogP contribution in [-0.4, -0.2) is 35.9 Å². The van der Waals surface area contributed by atoms with Crippen molar-refractivity contribution in [3.63, 3.8) is 0 Å². The molecule has 0 bridgehead atoms. The molecule has 1 aliphatic rings. The second-order valence-corrected chi connectivity index (χ2v) is 6.80. The molecule has 0 spiro atoms. The second-order valence-electron chi connectivity index (χ2n) is 6.80. The topological polar surface area (TPSA) is 66.7 Å². The molecular formula is C20H22FN3O3. The molecule has 0 N–H and O–H groups in total. The molecule has 27 heavy (non-hydrogen) atoms. The Morgan fingerprint density at radius 3 is 2.41 bits per heavy atom. The van der Waals surface area contributed by atoms with Crippen molar-refractivity contribution < 1.29 is 14.1 Å². The minimum absolute atomic E-state index is 0.0956. The zero-order valence-electron chi connectivity index (χ0n) is 15.4. The lowest BCUT2D eigenvalue weighted by molar-refractivity contribution is -0.385. The van der Waals surface area contributed by atoms with Gasteiger partial charge in [-0.1, -0.05) is 12.1 Å². The number of hydrogen-bond acceptors (Lipinski definition) is 4.